The molecule has 0 saturated heterocycles. The van der Waals surface area contributed by atoms with Crippen molar-refractivity contribution in [1.29, 1.82) is 0 Å². The van der Waals surface area contributed by atoms with Crippen molar-refractivity contribution in [2.24, 2.45) is 7.05 Å². The first-order chi connectivity index (χ1) is 16.2. The number of hydrogen-bond donors (Lipinski definition) is 0. The van der Waals surface area contributed by atoms with E-state index in [-0.39, 0.29) is 23.1 Å². The molecule has 0 unspecified atom stereocenters. The lowest BCUT2D eigenvalue weighted by Crippen LogP contribution is -2.23. The van der Waals surface area contributed by atoms with Crippen LogP contribution in [0.15, 0.2) is 41.6 Å². The topological polar surface area (TPSA) is 87.7 Å². The van der Waals surface area contributed by atoms with E-state index in [4.69, 9.17) is 21.3 Å². The Balaban J connectivity index is 1.76. The average molecular weight is 479 g/mol. The van der Waals surface area contributed by atoms with Gasteiger partial charge in [-0.3, -0.25) is 19.0 Å². The summed E-state index contributed by atoms with van der Waals surface area (Å²) in [7, 11) is 1.84. The molecule has 0 aromatic carbocycles. The van der Waals surface area contributed by atoms with E-state index >= 15 is 0 Å². The van der Waals surface area contributed by atoms with Gasteiger partial charge in [0.15, 0.2) is 0 Å². The molecule has 0 N–H and O–H groups in total. The Labute approximate surface area is 203 Å². The van der Waals surface area contributed by atoms with Gasteiger partial charge in [-0.05, 0) is 44.5 Å². The molecule has 0 aliphatic heterocycles. The van der Waals surface area contributed by atoms with E-state index in [2.05, 4.69) is 15.1 Å². The SMILES string of the molecule is Cc1cnc(C(C)C)nc1-c1cc(-n2c(C)c(C)c(OCc3ccn(C)n3)c(Cl)c2=O)ccn1. The number of ether oxygens (including phenoxy) is 1. The summed E-state index contributed by atoms with van der Waals surface area (Å²) >= 11 is 6.51. The van der Waals surface area contributed by atoms with E-state index in [0.29, 0.717) is 17.1 Å². The normalized spacial score (nSPS) is 11.3. The Morgan fingerprint density at radius 1 is 1.15 bits per heavy atom. The highest BCUT2D eigenvalue weighted by Gasteiger charge is 2.20. The molecule has 0 aliphatic rings. The van der Waals surface area contributed by atoms with Crippen molar-refractivity contribution < 1.29 is 4.74 Å². The number of nitrogens with zero attached hydrogens (tertiary/aromatic N) is 6. The van der Waals surface area contributed by atoms with Gasteiger partial charge in [-0.2, -0.15) is 5.10 Å². The van der Waals surface area contributed by atoms with Crippen molar-refractivity contribution in [2.45, 2.75) is 47.1 Å². The summed E-state index contributed by atoms with van der Waals surface area (Å²) in [5, 5.41) is 4.33. The monoisotopic (exact) mass is 478 g/mol. The lowest BCUT2D eigenvalue weighted by atomic mass is 10.1. The molecule has 0 saturated carbocycles. The second-order valence-electron chi connectivity index (χ2n) is 8.58. The molecule has 0 aliphatic carbocycles. The molecule has 9 heteroatoms. The van der Waals surface area contributed by atoms with Gasteiger partial charge >= 0.3 is 0 Å². The quantitative estimate of drug-likeness (QED) is 0.399. The van der Waals surface area contributed by atoms with Crippen LogP contribution in [0.2, 0.25) is 5.02 Å². The maximum absolute atomic E-state index is 13.3. The molecule has 8 nitrogen and oxygen atoms in total. The highest BCUT2D eigenvalue weighted by atomic mass is 35.5. The maximum atomic E-state index is 13.3. The summed E-state index contributed by atoms with van der Waals surface area (Å²) in [5.74, 6) is 1.30. The number of rotatable bonds is 6. The van der Waals surface area contributed by atoms with Gasteiger partial charge in [-0.15, -0.1) is 0 Å². The fourth-order valence-electron chi connectivity index (χ4n) is 3.69. The van der Waals surface area contributed by atoms with Gasteiger partial charge in [-0.25, -0.2) is 9.97 Å². The smallest absolute Gasteiger partial charge is 0.277 e. The number of hydrogen-bond acceptors (Lipinski definition) is 6. The number of aromatic nitrogens is 6. The standard InChI is InChI=1S/C25H27ClN6O2/c1-14(2)24-28-12-15(3)22(29-24)20-11-19(7-9-27-20)32-17(5)16(4)23(21(26)25(32)33)34-13-18-8-10-31(6)30-18/h7-12,14H,13H2,1-6H3. The molecular weight excluding hydrogens is 452 g/mol. The van der Waals surface area contributed by atoms with E-state index in [9.17, 15) is 4.79 Å². The van der Waals surface area contributed by atoms with Gasteiger partial charge < -0.3 is 4.74 Å². The third kappa shape index (κ3) is 4.46. The van der Waals surface area contributed by atoms with Crippen LogP contribution < -0.4 is 10.3 Å². The van der Waals surface area contributed by atoms with Crippen LogP contribution in [0.3, 0.4) is 0 Å². The largest absolute Gasteiger partial charge is 0.485 e. The molecule has 0 amide bonds. The average Bonchev–Trinajstić information content (AvgIpc) is 3.23. The first-order valence-electron chi connectivity index (χ1n) is 11.0. The van der Waals surface area contributed by atoms with Crippen LogP contribution in [-0.4, -0.2) is 29.3 Å². The van der Waals surface area contributed by atoms with Crippen molar-refractivity contribution in [3.8, 4) is 22.8 Å². The molecule has 0 radical (unpaired) electrons. The summed E-state index contributed by atoms with van der Waals surface area (Å²) in [6, 6.07) is 5.48. The molecule has 4 aromatic heterocycles. The molecule has 4 aromatic rings. The van der Waals surface area contributed by atoms with Crippen molar-refractivity contribution in [2.75, 3.05) is 0 Å². The predicted molar refractivity (Wildman–Crippen MR) is 132 cm³/mol. The summed E-state index contributed by atoms with van der Waals surface area (Å²) in [6.45, 7) is 10.0. The van der Waals surface area contributed by atoms with Gasteiger partial charge in [0.2, 0.25) is 0 Å². The van der Waals surface area contributed by atoms with Crippen LogP contribution in [0.5, 0.6) is 5.75 Å². The minimum Gasteiger partial charge on any atom is -0.485 e. The minimum absolute atomic E-state index is 0.0257. The van der Waals surface area contributed by atoms with Crippen LogP contribution in [-0.2, 0) is 13.7 Å². The lowest BCUT2D eigenvalue weighted by Gasteiger charge is -2.18. The van der Waals surface area contributed by atoms with Crippen LogP contribution >= 0.6 is 11.6 Å². The molecule has 4 rings (SSSR count). The predicted octanol–water partition coefficient (Wildman–Crippen LogP) is 4.70. The van der Waals surface area contributed by atoms with Crippen molar-refractivity contribution >= 4 is 11.6 Å². The Morgan fingerprint density at radius 2 is 1.91 bits per heavy atom. The van der Waals surface area contributed by atoms with Gasteiger partial charge in [-0.1, -0.05) is 25.4 Å². The molecular formula is C25H27ClN6O2. The zero-order chi connectivity index (χ0) is 24.6. The van der Waals surface area contributed by atoms with Gasteiger partial charge in [0.05, 0.1) is 22.8 Å². The van der Waals surface area contributed by atoms with Crippen molar-refractivity contribution in [3.63, 3.8) is 0 Å². The fraction of sp³-hybridized carbons (Fsp3) is 0.320. The Kier molecular flexibility index (Phi) is 6.52. The Hall–Kier alpha value is -3.52. The minimum atomic E-state index is -0.361. The Bertz CT molecular complexity index is 1420. The molecule has 0 bridgehead atoms. The van der Waals surface area contributed by atoms with Crippen LogP contribution in [0.1, 0.15) is 48.1 Å². The molecule has 0 atom stereocenters. The van der Waals surface area contributed by atoms with Crippen LogP contribution in [0.4, 0.5) is 0 Å². The summed E-state index contributed by atoms with van der Waals surface area (Å²) in [5.41, 5.74) is 4.85. The van der Waals surface area contributed by atoms with Gasteiger partial charge in [0, 0.05) is 42.8 Å². The molecule has 0 spiro atoms. The molecule has 176 valence electrons. The van der Waals surface area contributed by atoms with E-state index in [1.54, 1.807) is 27.7 Å². The van der Waals surface area contributed by atoms with Crippen LogP contribution in [0.25, 0.3) is 17.1 Å². The molecule has 4 heterocycles. The van der Waals surface area contributed by atoms with Crippen LogP contribution in [0, 0.1) is 20.8 Å². The maximum Gasteiger partial charge on any atom is 0.277 e. The highest BCUT2D eigenvalue weighted by Crippen LogP contribution is 2.30. The second kappa shape index (κ2) is 9.38. The summed E-state index contributed by atoms with van der Waals surface area (Å²) in [6.07, 6.45) is 5.31. The summed E-state index contributed by atoms with van der Waals surface area (Å²) in [4.78, 5) is 27.0. The number of pyridine rings is 2. The molecule has 0 fully saturated rings. The zero-order valence-corrected chi connectivity index (χ0v) is 20.9. The first-order valence-corrected chi connectivity index (χ1v) is 11.4. The van der Waals surface area contributed by atoms with E-state index in [0.717, 1.165) is 34.0 Å². The zero-order valence-electron chi connectivity index (χ0n) is 20.1. The third-order valence-corrected chi connectivity index (χ3v) is 6.03. The molecule has 34 heavy (non-hydrogen) atoms. The lowest BCUT2D eigenvalue weighted by molar-refractivity contribution is 0.297. The highest BCUT2D eigenvalue weighted by molar-refractivity contribution is 6.32. The van der Waals surface area contributed by atoms with Gasteiger partial charge in [0.25, 0.3) is 5.56 Å². The number of halogens is 1. The fourth-order valence-corrected chi connectivity index (χ4v) is 3.97. The number of aryl methyl sites for hydroxylation is 2. The van der Waals surface area contributed by atoms with Crippen molar-refractivity contribution in [1.82, 2.24) is 29.3 Å². The Morgan fingerprint density at radius 3 is 2.59 bits per heavy atom. The second-order valence-corrected chi connectivity index (χ2v) is 8.96. The first kappa shape index (κ1) is 23.6. The van der Waals surface area contributed by atoms with E-state index in [1.165, 1.54) is 0 Å². The van der Waals surface area contributed by atoms with Crippen molar-refractivity contribution in [3.05, 3.63) is 80.5 Å². The van der Waals surface area contributed by atoms with E-state index in [1.807, 2.05) is 60.0 Å². The third-order valence-electron chi connectivity index (χ3n) is 5.69. The summed E-state index contributed by atoms with van der Waals surface area (Å²) < 4.78 is 9.19. The van der Waals surface area contributed by atoms with E-state index < -0.39 is 0 Å². The van der Waals surface area contributed by atoms with Gasteiger partial charge in [0.1, 0.15) is 23.2 Å².